The van der Waals surface area contributed by atoms with Gasteiger partial charge in [0.05, 0.1) is 5.41 Å². The average molecular weight is 360 g/mol. The monoisotopic (exact) mass is 359 g/mol. The largest absolute Gasteiger partial charge is 0.369 e. The molecule has 7 heteroatoms. The third kappa shape index (κ3) is 3.30. The van der Waals surface area contributed by atoms with Gasteiger partial charge in [-0.1, -0.05) is 23.7 Å². The number of benzene rings is 1. The number of amides is 2. The molecule has 6 nitrogen and oxygen atoms in total. The van der Waals surface area contributed by atoms with Crippen molar-refractivity contribution < 1.29 is 9.59 Å². The number of hydrogen-bond acceptors (Lipinski definition) is 3. The Hall–Kier alpha value is -2.60. The van der Waals surface area contributed by atoms with Crippen LogP contribution in [-0.2, 0) is 11.2 Å². The Morgan fingerprint density at radius 3 is 2.40 bits per heavy atom. The van der Waals surface area contributed by atoms with Crippen LogP contribution in [0.5, 0.6) is 0 Å². The molecule has 2 amide bonds. The van der Waals surface area contributed by atoms with Gasteiger partial charge in [-0.05, 0) is 43.2 Å². The summed E-state index contributed by atoms with van der Waals surface area (Å²) >= 11 is 5.87. The van der Waals surface area contributed by atoms with Gasteiger partial charge in [0.2, 0.25) is 5.91 Å². The number of nitrogens with one attached hydrogen (secondary N) is 1. The number of nitrogens with zero attached hydrogens (tertiary/aromatic N) is 1. The van der Waals surface area contributed by atoms with Crippen molar-refractivity contribution in [1.29, 1.82) is 0 Å². The first kappa shape index (κ1) is 17.2. The van der Waals surface area contributed by atoms with E-state index in [1.54, 1.807) is 25.1 Å². The second kappa shape index (κ2) is 6.37. The van der Waals surface area contributed by atoms with Gasteiger partial charge in [0.15, 0.2) is 0 Å². The van der Waals surface area contributed by atoms with E-state index in [0.717, 1.165) is 5.56 Å². The Labute approximate surface area is 149 Å². The van der Waals surface area contributed by atoms with Gasteiger partial charge in [-0.2, -0.15) is 0 Å². The lowest BCUT2D eigenvalue weighted by molar-refractivity contribution is -0.135. The maximum Gasteiger partial charge on any atom is 0.260 e. The van der Waals surface area contributed by atoms with Gasteiger partial charge in [0.1, 0.15) is 5.56 Å². The topological polar surface area (TPSA) is 96.3 Å². The molecule has 1 aliphatic heterocycles. The zero-order chi connectivity index (χ0) is 18.2. The first-order chi connectivity index (χ1) is 11.8. The van der Waals surface area contributed by atoms with Crippen LogP contribution in [0.4, 0.5) is 0 Å². The molecule has 2 heterocycles. The number of hydrogen-bond donors (Lipinski definition) is 2. The van der Waals surface area contributed by atoms with E-state index in [1.165, 1.54) is 11.0 Å². The fourth-order valence-corrected chi connectivity index (χ4v) is 3.21. The Bertz CT molecular complexity index is 883. The highest BCUT2D eigenvalue weighted by Gasteiger charge is 2.50. The molecule has 0 radical (unpaired) electrons. The van der Waals surface area contributed by atoms with E-state index in [1.807, 2.05) is 12.1 Å². The maximum absolute atomic E-state index is 12.5. The standard InChI is InChI=1S/C18H18ClN3O3/c1-11-2-7-14(15(23)21-11)16(24)22-9-18(10-22,17(20)25)8-12-3-5-13(19)6-4-12/h2-7H,8-10H2,1H3,(H2,20,25)(H,21,23). The van der Waals surface area contributed by atoms with E-state index in [2.05, 4.69) is 4.98 Å². The fourth-order valence-electron chi connectivity index (χ4n) is 3.09. The van der Waals surface area contributed by atoms with Crippen molar-refractivity contribution in [3.05, 3.63) is 68.6 Å². The molecule has 1 fully saturated rings. The van der Waals surface area contributed by atoms with Gasteiger partial charge in [-0.3, -0.25) is 14.4 Å². The normalized spacial score (nSPS) is 15.5. The molecule has 0 spiro atoms. The number of carbonyl (C=O) groups excluding carboxylic acids is 2. The summed E-state index contributed by atoms with van der Waals surface area (Å²) < 4.78 is 0. The van der Waals surface area contributed by atoms with Gasteiger partial charge in [0.25, 0.3) is 11.5 Å². The Morgan fingerprint density at radius 1 is 1.20 bits per heavy atom. The number of primary amides is 1. The summed E-state index contributed by atoms with van der Waals surface area (Å²) in [5.41, 5.74) is 6.01. The van der Waals surface area contributed by atoms with E-state index in [9.17, 15) is 14.4 Å². The summed E-state index contributed by atoms with van der Waals surface area (Å²) in [6, 6.07) is 10.3. The minimum absolute atomic E-state index is 0.0650. The second-order valence-corrected chi connectivity index (χ2v) is 6.93. The molecular formula is C18H18ClN3O3. The molecule has 0 bridgehead atoms. The van der Waals surface area contributed by atoms with Crippen LogP contribution < -0.4 is 11.3 Å². The number of aromatic nitrogens is 1. The highest BCUT2D eigenvalue weighted by Crippen LogP contribution is 2.35. The number of nitrogens with two attached hydrogens (primary N) is 1. The number of likely N-dealkylation sites (tertiary alicyclic amines) is 1. The summed E-state index contributed by atoms with van der Waals surface area (Å²) in [6.07, 6.45) is 0.424. The number of halogens is 1. The molecule has 0 unspecified atom stereocenters. The zero-order valence-electron chi connectivity index (χ0n) is 13.7. The van der Waals surface area contributed by atoms with Crippen LogP contribution in [0.2, 0.25) is 5.02 Å². The molecule has 0 saturated carbocycles. The predicted molar refractivity (Wildman–Crippen MR) is 94.5 cm³/mol. The van der Waals surface area contributed by atoms with E-state index < -0.39 is 22.8 Å². The third-order valence-electron chi connectivity index (χ3n) is 4.54. The van der Waals surface area contributed by atoms with Crippen molar-refractivity contribution in [2.75, 3.05) is 13.1 Å². The summed E-state index contributed by atoms with van der Waals surface area (Å²) in [5.74, 6) is -0.849. The van der Waals surface area contributed by atoms with Crippen LogP contribution in [0, 0.1) is 12.3 Å². The summed E-state index contributed by atoms with van der Waals surface area (Å²) in [4.78, 5) is 40.5. The van der Waals surface area contributed by atoms with E-state index in [4.69, 9.17) is 17.3 Å². The lowest BCUT2D eigenvalue weighted by Gasteiger charge is -2.48. The summed E-state index contributed by atoms with van der Waals surface area (Å²) in [6.45, 7) is 2.12. The van der Waals surface area contributed by atoms with Crippen molar-refractivity contribution >= 4 is 23.4 Å². The van der Waals surface area contributed by atoms with E-state index in [0.29, 0.717) is 17.1 Å². The molecule has 3 rings (SSSR count). The lowest BCUT2D eigenvalue weighted by Crippen LogP contribution is -2.65. The quantitative estimate of drug-likeness (QED) is 0.865. The fraction of sp³-hybridized carbons (Fsp3) is 0.278. The number of rotatable bonds is 4. The second-order valence-electron chi connectivity index (χ2n) is 6.49. The van der Waals surface area contributed by atoms with Gasteiger partial charge in [-0.25, -0.2) is 0 Å². The van der Waals surface area contributed by atoms with Crippen LogP contribution in [-0.4, -0.2) is 34.8 Å². The molecular weight excluding hydrogens is 342 g/mol. The molecule has 0 atom stereocenters. The van der Waals surface area contributed by atoms with Gasteiger partial charge >= 0.3 is 0 Å². The molecule has 2 aromatic rings. The van der Waals surface area contributed by atoms with E-state index >= 15 is 0 Å². The van der Waals surface area contributed by atoms with Crippen molar-refractivity contribution in [3.63, 3.8) is 0 Å². The minimum atomic E-state index is -0.819. The summed E-state index contributed by atoms with van der Waals surface area (Å²) in [7, 11) is 0. The average Bonchev–Trinajstić information content (AvgIpc) is 2.51. The molecule has 1 aromatic carbocycles. The molecule has 1 aliphatic rings. The number of H-pyrrole nitrogens is 1. The smallest absolute Gasteiger partial charge is 0.260 e. The highest BCUT2D eigenvalue weighted by molar-refractivity contribution is 6.30. The van der Waals surface area contributed by atoms with Gasteiger partial charge in [0, 0.05) is 23.8 Å². The van der Waals surface area contributed by atoms with Crippen LogP contribution in [0.25, 0.3) is 0 Å². The molecule has 130 valence electrons. The lowest BCUT2D eigenvalue weighted by atomic mass is 9.74. The molecule has 3 N–H and O–H groups in total. The number of pyridine rings is 1. The third-order valence-corrected chi connectivity index (χ3v) is 4.79. The number of aromatic amines is 1. The molecule has 25 heavy (non-hydrogen) atoms. The van der Waals surface area contributed by atoms with Crippen molar-refractivity contribution in [1.82, 2.24) is 9.88 Å². The molecule has 1 saturated heterocycles. The Morgan fingerprint density at radius 2 is 1.84 bits per heavy atom. The predicted octanol–water partition coefficient (Wildman–Crippen LogP) is 1.51. The maximum atomic E-state index is 12.5. The van der Waals surface area contributed by atoms with Crippen molar-refractivity contribution in [3.8, 4) is 0 Å². The first-order valence-corrected chi connectivity index (χ1v) is 8.22. The summed E-state index contributed by atoms with van der Waals surface area (Å²) in [5, 5.41) is 0.612. The Kier molecular flexibility index (Phi) is 4.39. The van der Waals surface area contributed by atoms with Crippen LogP contribution >= 0.6 is 11.6 Å². The molecule has 1 aromatic heterocycles. The van der Waals surface area contributed by atoms with Crippen LogP contribution in [0.3, 0.4) is 0 Å². The van der Waals surface area contributed by atoms with Crippen molar-refractivity contribution in [2.45, 2.75) is 13.3 Å². The van der Waals surface area contributed by atoms with Gasteiger partial charge in [-0.15, -0.1) is 0 Å². The van der Waals surface area contributed by atoms with Crippen molar-refractivity contribution in [2.24, 2.45) is 11.1 Å². The highest BCUT2D eigenvalue weighted by atomic mass is 35.5. The molecule has 0 aliphatic carbocycles. The number of aryl methyl sites for hydroxylation is 1. The zero-order valence-corrected chi connectivity index (χ0v) is 14.5. The Balaban J connectivity index is 1.76. The number of carbonyl (C=O) groups is 2. The first-order valence-electron chi connectivity index (χ1n) is 7.84. The van der Waals surface area contributed by atoms with Crippen LogP contribution in [0.15, 0.2) is 41.2 Å². The van der Waals surface area contributed by atoms with E-state index in [-0.39, 0.29) is 18.7 Å². The minimum Gasteiger partial charge on any atom is -0.369 e. The van der Waals surface area contributed by atoms with Gasteiger partial charge < -0.3 is 15.6 Å². The van der Waals surface area contributed by atoms with Crippen LogP contribution in [0.1, 0.15) is 21.6 Å². The SMILES string of the molecule is Cc1ccc(C(=O)N2CC(Cc3ccc(Cl)cc3)(C(N)=O)C2)c(=O)[nH]1.